The number of carbonyl (C=O) groups excluding carboxylic acids is 1. The summed E-state index contributed by atoms with van der Waals surface area (Å²) in [7, 11) is 2.18. The zero-order valence-corrected chi connectivity index (χ0v) is 22.8. The molecule has 0 spiro atoms. The van der Waals surface area contributed by atoms with E-state index in [1.165, 1.54) is 5.69 Å². The zero-order valence-electron chi connectivity index (χ0n) is 22.8. The number of aliphatic hydroxyl groups is 1. The van der Waals surface area contributed by atoms with Gasteiger partial charge in [-0.2, -0.15) is 5.01 Å². The third-order valence-electron chi connectivity index (χ3n) is 9.12. The summed E-state index contributed by atoms with van der Waals surface area (Å²) in [5.41, 5.74) is 1.52. The average Bonchev–Trinajstić information content (AvgIpc) is 3.19. The molecule has 6 unspecified atom stereocenters. The van der Waals surface area contributed by atoms with Crippen molar-refractivity contribution in [3.05, 3.63) is 36.4 Å². The maximum absolute atomic E-state index is 13.6. The molecule has 1 amide bonds. The molecule has 0 radical (unpaired) electrons. The largest absolute Gasteiger partial charge is 0.389 e. The van der Waals surface area contributed by atoms with E-state index in [1.807, 2.05) is 11.9 Å². The Kier molecular flexibility index (Phi) is 7.36. The number of allylic oxidation sites excluding steroid dienone is 1. The maximum Gasteiger partial charge on any atom is 0.244 e. The van der Waals surface area contributed by atoms with Crippen LogP contribution in [0.5, 0.6) is 0 Å². The van der Waals surface area contributed by atoms with Gasteiger partial charge in [0.15, 0.2) is 0 Å². The second kappa shape index (κ2) is 10.7. The maximum atomic E-state index is 13.6. The number of amides is 1. The number of anilines is 2. The number of benzene rings is 1. The van der Waals surface area contributed by atoms with Crippen molar-refractivity contribution in [2.75, 3.05) is 56.5 Å². The number of piperazine rings is 1. The number of hydrogen-bond acceptors (Lipinski definition) is 9. The number of piperidine rings is 1. The number of hydrogen-bond donors (Lipinski definition) is 5. The Morgan fingerprint density at radius 3 is 2.79 bits per heavy atom. The third kappa shape index (κ3) is 5.17. The van der Waals surface area contributed by atoms with Crippen LogP contribution in [-0.2, 0) is 4.79 Å². The molecular weight excluding hydrogens is 480 g/mol. The van der Waals surface area contributed by atoms with Crippen molar-refractivity contribution >= 4 is 17.3 Å². The molecule has 6 atom stereocenters. The van der Waals surface area contributed by atoms with Crippen molar-refractivity contribution in [2.45, 2.75) is 69.3 Å². The summed E-state index contributed by atoms with van der Waals surface area (Å²) in [6.45, 7) is 7.34. The van der Waals surface area contributed by atoms with E-state index in [4.69, 9.17) is 0 Å². The Morgan fingerprint density at radius 2 is 1.95 bits per heavy atom. The summed E-state index contributed by atoms with van der Waals surface area (Å²) in [5, 5.41) is 30.0. The Hall–Kier alpha value is -2.21. The van der Waals surface area contributed by atoms with Gasteiger partial charge in [0, 0.05) is 50.1 Å². The van der Waals surface area contributed by atoms with Gasteiger partial charge in [0.05, 0.1) is 30.4 Å². The topological polar surface area (TPSA) is 98.4 Å². The lowest BCUT2D eigenvalue weighted by Crippen LogP contribution is -2.69. The summed E-state index contributed by atoms with van der Waals surface area (Å²) < 4.78 is 0. The van der Waals surface area contributed by atoms with Crippen molar-refractivity contribution in [1.29, 1.82) is 0 Å². The van der Waals surface area contributed by atoms with Crippen LogP contribution in [0.1, 0.15) is 39.0 Å². The number of nitrogens with zero attached hydrogens (tertiary/aromatic N) is 4. The van der Waals surface area contributed by atoms with Crippen molar-refractivity contribution in [1.82, 2.24) is 30.9 Å². The zero-order chi connectivity index (χ0) is 26.3. The molecular formula is C28H44N8O2. The Balaban J connectivity index is 1.19. The van der Waals surface area contributed by atoms with Crippen LogP contribution in [0.2, 0.25) is 0 Å². The fraction of sp³-hybridized carbons (Fsp3) is 0.679. The molecule has 5 heterocycles. The standard InChI is InChI=1S/C28H44N8O2/c1-28(38)12-4-3-5-13-35-26(37)22-19-29-27(32-25(22)36(35)24-11-7-10-23(28)31-24)30-20-8-6-9-21(18-20)34-16-14-33(2)15-17-34/h3,5-6,8-9,18,22-25,27,29-32,38H,4,7,10-17,19H2,1-2H3/b5-3-. The quantitative estimate of drug-likeness (QED) is 0.370. The van der Waals surface area contributed by atoms with E-state index < -0.39 is 5.60 Å². The van der Waals surface area contributed by atoms with Crippen molar-refractivity contribution in [2.24, 2.45) is 5.92 Å². The monoisotopic (exact) mass is 524 g/mol. The van der Waals surface area contributed by atoms with E-state index in [-0.39, 0.29) is 36.5 Å². The van der Waals surface area contributed by atoms with Crippen LogP contribution >= 0.6 is 0 Å². The lowest BCUT2D eigenvalue weighted by molar-refractivity contribution is -0.146. The highest BCUT2D eigenvalue weighted by molar-refractivity contribution is 5.82. The molecule has 0 saturated carbocycles. The predicted octanol–water partition coefficient (Wildman–Crippen LogP) is 0.897. The van der Waals surface area contributed by atoms with Gasteiger partial charge in [0.2, 0.25) is 5.91 Å². The van der Waals surface area contributed by atoms with E-state index in [0.29, 0.717) is 13.1 Å². The van der Waals surface area contributed by atoms with E-state index in [1.54, 1.807) is 0 Å². The number of fused-ring (bicyclic) bond motifs is 6. The molecule has 4 fully saturated rings. The number of likely N-dealkylation sites (N-methyl/N-ethyl adjacent to an activating group) is 1. The van der Waals surface area contributed by atoms with E-state index in [2.05, 4.69) is 79.5 Å². The Morgan fingerprint density at radius 1 is 1.11 bits per heavy atom. The smallest absolute Gasteiger partial charge is 0.244 e. The minimum atomic E-state index is -0.776. The molecule has 5 aliphatic heterocycles. The summed E-state index contributed by atoms with van der Waals surface area (Å²) in [6, 6.07) is 8.63. The number of carbonyl (C=O) groups is 1. The molecule has 2 bridgehead atoms. The minimum absolute atomic E-state index is 0.00233. The van der Waals surface area contributed by atoms with Crippen LogP contribution in [0.25, 0.3) is 0 Å². The number of hydrazine groups is 1. The molecule has 1 aromatic rings. The van der Waals surface area contributed by atoms with Gasteiger partial charge in [-0.3, -0.25) is 25.8 Å². The summed E-state index contributed by atoms with van der Waals surface area (Å²) in [5.74, 6) is -0.00570. The third-order valence-corrected chi connectivity index (χ3v) is 9.12. The van der Waals surface area contributed by atoms with Crippen LogP contribution < -0.4 is 26.2 Å². The first kappa shape index (κ1) is 26.0. The molecule has 1 aromatic carbocycles. The summed E-state index contributed by atoms with van der Waals surface area (Å²) >= 11 is 0. The highest BCUT2D eigenvalue weighted by Crippen LogP contribution is 2.34. The summed E-state index contributed by atoms with van der Waals surface area (Å²) in [6.07, 6.45) is 8.36. The van der Waals surface area contributed by atoms with E-state index in [9.17, 15) is 9.90 Å². The van der Waals surface area contributed by atoms with Crippen LogP contribution in [0.3, 0.4) is 0 Å². The molecule has 10 nitrogen and oxygen atoms in total. The van der Waals surface area contributed by atoms with Crippen LogP contribution in [-0.4, -0.2) is 103 Å². The van der Waals surface area contributed by atoms with Gasteiger partial charge < -0.3 is 20.2 Å². The fourth-order valence-electron chi connectivity index (χ4n) is 6.76. The molecule has 10 heteroatoms. The molecule has 208 valence electrons. The summed E-state index contributed by atoms with van der Waals surface area (Å²) in [4.78, 5) is 18.4. The second-order valence-electron chi connectivity index (χ2n) is 11.9. The van der Waals surface area contributed by atoms with Crippen molar-refractivity contribution in [3.8, 4) is 0 Å². The van der Waals surface area contributed by atoms with Gasteiger partial charge in [0.25, 0.3) is 0 Å². The highest BCUT2D eigenvalue weighted by Gasteiger charge is 2.52. The first-order valence-corrected chi connectivity index (χ1v) is 14.4. The fourth-order valence-corrected chi connectivity index (χ4v) is 6.76. The van der Waals surface area contributed by atoms with Gasteiger partial charge >= 0.3 is 0 Å². The Bertz CT molecular complexity index is 1030. The van der Waals surface area contributed by atoms with Crippen molar-refractivity contribution in [3.63, 3.8) is 0 Å². The van der Waals surface area contributed by atoms with Gasteiger partial charge in [-0.15, -0.1) is 0 Å². The molecule has 0 aromatic heterocycles. The molecule has 6 rings (SSSR count). The lowest BCUT2D eigenvalue weighted by Gasteiger charge is -2.47. The van der Waals surface area contributed by atoms with Crippen LogP contribution in [0, 0.1) is 5.92 Å². The molecule has 38 heavy (non-hydrogen) atoms. The molecule has 4 saturated heterocycles. The first-order valence-electron chi connectivity index (χ1n) is 14.4. The van der Waals surface area contributed by atoms with Gasteiger partial charge in [-0.1, -0.05) is 18.2 Å². The van der Waals surface area contributed by atoms with Gasteiger partial charge in [-0.25, -0.2) is 0 Å². The van der Waals surface area contributed by atoms with Gasteiger partial charge in [-0.05, 0) is 64.3 Å². The minimum Gasteiger partial charge on any atom is -0.389 e. The Labute approximate surface area is 226 Å². The second-order valence-corrected chi connectivity index (χ2v) is 11.9. The van der Waals surface area contributed by atoms with E-state index in [0.717, 1.165) is 64.0 Å². The van der Waals surface area contributed by atoms with Crippen LogP contribution in [0.15, 0.2) is 36.4 Å². The normalized spacial score (nSPS) is 37.8. The SMILES string of the molecule is CN1CCN(c2cccc(NC3NCC4C(=O)N5C/C=C\CCC(C)(O)C6CCCC(N6)N5C4N3)c2)CC1. The predicted molar refractivity (Wildman–Crippen MR) is 149 cm³/mol. The first-order chi connectivity index (χ1) is 18.4. The lowest BCUT2D eigenvalue weighted by atomic mass is 9.85. The molecule has 5 N–H and O–H groups in total. The molecule has 5 aliphatic rings. The van der Waals surface area contributed by atoms with Crippen molar-refractivity contribution < 1.29 is 9.90 Å². The molecule has 0 aliphatic carbocycles. The van der Waals surface area contributed by atoms with Gasteiger partial charge in [0.1, 0.15) is 6.29 Å². The number of nitrogens with one attached hydrogen (secondary N) is 4. The highest BCUT2D eigenvalue weighted by atomic mass is 16.3. The average molecular weight is 525 g/mol. The van der Waals surface area contributed by atoms with Crippen LogP contribution in [0.4, 0.5) is 11.4 Å². The number of rotatable bonds is 3. The van der Waals surface area contributed by atoms with E-state index >= 15 is 0 Å².